The number of ether oxygens (including phenoxy) is 1. The second-order valence-electron chi connectivity index (χ2n) is 7.20. The molecule has 1 aliphatic heterocycles. The number of nitrogens with zero attached hydrogens (tertiary/aromatic N) is 2. The van der Waals surface area contributed by atoms with Crippen molar-refractivity contribution in [3.8, 4) is 11.5 Å². The quantitative estimate of drug-likeness (QED) is 0.573. The summed E-state index contributed by atoms with van der Waals surface area (Å²) in [6.07, 6.45) is 3.80. The molecule has 1 saturated heterocycles. The van der Waals surface area contributed by atoms with E-state index in [1.165, 1.54) is 0 Å². The number of aromatic nitrogens is 1. The van der Waals surface area contributed by atoms with E-state index in [9.17, 15) is 4.79 Å². The Morgan fingerprint density at radius 1 is 0.964 bits per heavy atom. The van der Waals surface area contributed by atoms with Crippen molar-refractivity contribution in [3.63, 3.8) is 0 Å². The lowest BCUT2D eigenvalue weighted by Crippen LogP contribution is -2.38. The molecule has 0 radical (unpaired) electrons. The molecule has 4 heteroatoms. The molecule has 3 aromatic rings. The first-order chi connectivity index (χ1) is 13.8. The number of benzene rings is 2. The van der Waals surface area contributed by atoms with Gasteiger partial charge in [0.15, 0.2) is 5.78 Å². The molecule has 1 aliphatic rings. The van der Waals surface area contributed by atoms with Crippen LogP contribution < -0.4 is 4.74 Å². The predicted octanol–water partition coefficient (Wildman–Crippen LogP) is 4.97. The second kappa shape index (κ2) is 8.81. The van der Waals surface area contributed by atoms with E-state index in [2.05, 4.69) is 9.88 Å². The molecule has 0 saturated carbocycles. The number of carbonyl (C=O) groups excluding carboxylic acids is 1. The Hall–Kier alpha value is -2.98. The van der Waals surface area contributed by atoms with Crippen LogP contribution in [0.1, 0.15) is 28.9 Å². The first-order valence-electron chi connectivity index (χ1n) is 9.77. The van der Waals surface area contributed by atoms with E-state index in [1.807, 2.05) is 79.0 Å². The maximum atomic E-state index is 13.0. The Bertz CT molecular complexity index is 895. The van der Waals surface area contributed by atoms with Gasteiger partial charge in [-0.15, -0.1) is 0 Å². The molecule has 0 aliphatic carbocycles. The summed E-state index contributed by atoms with van der Waals surface area (Å²) in [6, 6.07) is 23.1. The molecule has 4 nitrogen and oxygen atoms in total. The Morgan fingerprint density at radius 2 is 1.71 bits per heavy atom. The van der Waals surface area contributed by atoms with Gasteiger partial charge in [-0.2, -0.15) is 0 Å². The molecule has 142 valence electrons. The first-order valence-corrected chi connectivity index (χ1v) is 9.77. The molecule has 2 aromatic carbocycles. The lowest BCUT2D eigenvalue weighted by atomic mass is 9.90. The molecule has 1 fully saturated rings. The van der Waals surface area contributed by atoms with Gasteiger partial charge in [0, 0.05) is 30.8 Å². The fourth-order valence-corrected chi connectivity index (χ4v) is 3.68. The van der Waals surface area contributed by atoms with E-state index in [-0.39, 0.29) is 11.7 Å². The number of pyridine rings is 1. The van der Waals surface area contributed by atoms with Crippen LogP contribution in [0.15, 0.2) is 79.0 Å². The molecule has 4 rings (SSSR count). The van der Waals surface area contributed by atoms with Gasteiger partial charge in [-0.25, -0.2) is 0 Å². The lowest BCUT2D eigenvalue weighted by molar-refractivity contribution is 0.0810. The van der Waals surface area contributed by atoms with Crippen molar-refractivity contribution >= 4 is 5.78 Å². The summed E-state index contributed by atoms with van der Waals surface area (Å²) in [6.45, 7) is 2.61. The van der Waals surface area contributed by atoms with Crippen LogP contribution in [0.25, 0.3) is 0 Å². The molecule has 0 amide bonds. The average molecular weight is 372 g/mol. The highest BCUT2D eigenvalue weighted by Gasteiger charge is 2.26. The number of ketones is 1. The van der Waals surface area contributed by atoms with E-state index >= 15 is 0 Å². The standard InChI is InChI=1S/C24H24N2O2/c27-24(19-11-13-23(14-12-19)28-22-9-2-1-3-10-22)20-7-6-16-26(17-20)18-21-8-4-5-15-25-21/h1-5,8-15,20H,6-7,16-18H2/t20-/m1/s1. The fourth-order valence-electron chi connectivity index (χ4n) is 3.68. The van der Waals surface area contributed by atoms with Gasteiger partial charge in [-0.1, -0.05) is 24.3 Å². The second-order valence-corrected chi connectivity index (χ2v) is 7.20. The highest BCUT2D eigenvalue weighted by molar-refractivity contribution is 5.98. The summed E-state index contributed by atoms with van der Waals surface area (Å²) in [4.78, 5) is 19.7. The zero-order chi connectivity index (χ0) is 19.2. The third-order valence-electron chi connectivity index (χ3n) is 5.11. The largest absolute Gasteiger partial charge is 0.457 e. The third kappa shape index (κ3) is 4.65. The van der Waals surface area contributed by atoms with E-state index in [1.54, 1.807) is 0 Å². The number of hydrogen-bond donors (Lipinski definition) is 0. The van der Waals surface area contributed by atoms with Gasteiger partial charge in [0.25, 0.3) is 0 Å². The van der Waals surface area contributed by atoms with Gasteiger partial charge >= 0.3 is 0 Å². The Labute approximate surface area is 165 Å². The summed E-state index contributed by atoms with van der Waals surface area (Å²) >= 11 is 0. The Kier molecular flexibility index (Phi) is 5.78. The zero-order valence-electron chi connectivity index (χ0n) is 15.8. The predicted molar refractivity (Wildman–Crippen MR) is 110 cm³/mol. The number of piperidine rings is 1. The van der Waals surface area contributed by atoms with Gasteiger partial charge in [-0.05, 0) is 67.9 Å². The van der Waals surface area contributed by atoms with Crippen molar-refractivity contribution in [1.29, 1.82) is 0 Å². The highest BCUT2D eigenvalue weighted by atomic mass is 16.5. The number of Topliss-reactive ketones (excluding diaryl/α,β-unsaturated/α-hetero) is 1. The van der Waals surface area contributed by atoms with Crippen molar-refractivity contribution in [1.82, 2.24) is 9.88 Å². The number of carbonyl (C=O) groups is 1. The van der Waals surface area contributed by atoms with Gasteiger partial charge in [0.1, 0.15) is 11.5 Å². The maximum absolute atomic E-state index is 13.0. The van der Waals surface area contributed by atoms with Gasteiger partial charge in [0.2, 0.25) is 0 Å². The van der Waals surface area contributed by atoms with E-state index in [4.69, 9.17) is 4.74 Å². The molecule has 2 heterocycles. The van der Waals surface area contributed by atoms with Crippen LogP contribution >= 0.6 is 0 Å². The van der Waals surface area contributed by atoms with Crippen molar-refractivity contribution in [3.05, 3.63) is 90.3 Å². The van der Waals surface area contributed by atoms with Crippen LogP contribution in [0.4, 0.5) is 0 Å². The molecule has 0 bridgehead atoms. The summed E-state index contributed by atoms with van der Waals surface area (Å²) in [5.74, 6) is 1.79. The van der Waals surface area contributed by atoms with Crippen LogP contribution in [0.2, 0.25) is 0 Å². The van der Waals surface area contributed by atoms with Crippen molar-refractivity contribution in [2.75, 3.05) is 13.1 Å². The van der Waals surface area contributed by atoms with Crippen molar-refractivity contribution in [2.24, 2.45) is 5.92 Å². The number of likely N-dealkylation sites (tertiary alicyclic amines) is 1. The van der Waals surface area contributed by atoms with Gasteiger partial charge < -0.3 is 4.74 Å². The first kappa shape index (κ1) is 18.4. The summed E-state index contributed by atoms with van der Waals surface area (Å²) in [5, 5.41) is 0. The number of rotatable bonds is 6. The van der Waals surface area contributed by atoms with E-state index < -0.39 is 0 Å². The fraction of sp³-hybridized carbons (Fsp3) is 0.250. The minimum absolute atomic E-state index is 0.0401. The van der Waals surface area contributed by atoms with Crippen LogP contribution in [-0.2, 0) is 6.54 Å². The van der Waals surface area contributed by atoms with Crippen LogP contribution in [-0.4, -0.2) is 28.8 Å². The minimum Gasteiger partial charge on any atom is -0.457 e. The summed E-state index contributed by atoms with van der Waals surface area (Å²) in [5.41, 5.74) is 1.81. The average Bonchev–Trinajstić information content (AvgIpc) is 2.75. The van der Waals surface area contributed by atoms with Crippen molar-refractivity contribution in [2.45, 2.75) is 19.4 Å². The molecule has 0 unspecified atom stereocenters. The SMILES string of the molecule is O=C(c1ccc(Oc2ccccc2)cc1)[C@@H]1CCCN(Cc2ccccn2)C1. The highest BCUT2D eigenvalue weighted by Crippen LogP contribution is 2.25. The van der Waals surface area contributed by atoms with Gasteiger partial charge in [-0.3, -0.25) is 14.7 Å². The molecule has 0 spiro atoms. The third-order valence-corrected chi connectivity index (χ3v) is 5.11. The van der Waals surface area contributed by atoms with Crippen LogP contribution in [0.3, 0.4) is 0 Å². The van der Waals surface area contributed by atoms with Crippen molar-refractivity contribution < 1.29 is 9.53 Å². The molecular weight excluding hydrogens is 348 g/mol. The topological polar surface area (TPSA) is 42.4 Å². The smallest absolute Gasteiger partial charge is 0.167 e. The summed E-state index contributed by atoms with van der Waals surface area (Å²) in [7, 11) is 0. The minimum atomic E-state index is 0.0401. The molecule has 28 heavy (non-hydrogen) atoms. The lowest BCUT2D eigenvalue weighted by Gasteiger charge is -2.31. The van der Waals surface area contributed by atoms with Crippen LogP contribution in [0, 0.1) is 5.92 Å². The van der Waals surface area contributed by atoms with E-state index in [0.29, 0.717) is 0 Å². The molecule has 1 aromatic heterocycles. The molecule has 0 N–H and O–H groups in total. The van der Waals surface area contributed by atoms with E-state index in [0.717, 1.165) is 55.2 Å². The Morgan fingerprint density at radius 3 is 2.46 bits per heavy atom. The number of hydrogen-bond acceptors (Lipinski definition) is 4. The maximum Gasteiger partial charge on any atom is 0.167 e. The van der Waals surface area contributed by atoms with Crippen LogP contribution in [0.5, 0.6) is 11.5 Å². The summed E-state index contributed by atoms with van der Waals surface area (Å²) < 4.78 is 5.82. The molecule has 1 atom stereocenters. The Balaban J connectivity index is 1.38. The van der Waals surface area contributed by atoms with Gasteiger partial charge in [0.05, 0.1) is 5.69 Å². The molecular formula is C24H24N2O2. The zero-order valence-corrected chi connectivity index (χ0v) is 15.8. The normalized spacial score (nSPS) is 17.2. The number of para-hydroxylation sites is 1. The monoisotopic (exact) mass is 372 g/mol.